The summed E-state index contributed by atoms with van der Waals surface area (Å²) in [7, 11) is 0. The monoisotopic (exact) mass is 546 g/mol. The van der Waals surface area contributed by atoms with E-state index in [-0.39, 0.29) is 22.7 Å². The van der Waals surface area contributed by atoms with Crippen molar-refractivity contribution >= 4 is 29.2 Å². The number of nitrogens with zero attached hydrogens (tertiary/aromatic N) is 6. The van der Waals surface area contributed by atoms with Crippen LogP contribution in [0.1, 0.15) is 19.0 Å². The van der Waals surface area contributed by atoms with Gasteiger partial charge in [-0.2, -0.15) is 13.2 Å². The molecular weight excluding hydrogens is 525 g/mol. The van der Waals surface area contributed by atoms with E-state index >= 15 is 0 Å². The molecule has 38 heavy (non-hydrogen) atoms. The smallest absolute Gasteiger partial charge is 0.403 e. The summed E-state index contributed by atoms with van der Waals surface area (Å²) in [5.74, 6) is 0.324. The maximum Gasteiger partial charge on any atom is 0.434 e. The molecule has 5 rings (SSSR count). The predicted octanol–water partition coefficient (Wildman–Crippen LogP) is 4.05. The van der Waals surface area contributed by atoms with Crippen molar-refractivity contribution < 1.29 is 27.5 Å². The van der Waals surface area contributed by atoms with Crippen molar-refractivity contribution in [3.05, 3.63) is 41.8 Å². The number of aromatic nitrogens is 5. The summed E-state index contributed by atoms with van der Waals surface area (Å²) in [4.78, 5) is 26.1. The first-order valence-electron chi connectivity index (χ1n) is 11.5. The van der Waals surface area contributed by atoms with Crippen LogP contribution in [0.3, 0.4) is 0 Å². The molecule has 1 aliphatic heterocycles. The van der Waals surface area contributed by atoms with Gasteiger partial charge in [0, 0.05) is 60.3 Å². The third kappa shape index (κ3) is 5.43. The molecule has 3 N–H and O–H groups in total. The van der Waals surface area contributed by atoms with E-state index in [9.17, 15) is 23.1 Å². The van der Waals surface area contributed by atoms with E-state index in [0.717, 1.165) is 16.7 Å². The highest BCUT2D eigenvalue weighted by molar-refractivity contribution is 7.13. The number of aliphatic hydroxyl groups excluding tert-OH is 1. The Bertz CT molecular complexity index is 1460. The molecule has 0 aromatic carbocycles. The van der Waals surface area contributed by atoms with Crippen LogP contribution in [-0.2, 0) is 6.18 Å². The molecule has 4 aromatic heterocycles. The van der Waals surface area contributed by atoms with Gasteiger partial charge >= 0.3 is 18.2 Å². The molecule has 1 aliphatic rings. The minimum absolute atomic E-state index is 0.0896. The molecule has 0 saturated carbocycles. The van der Waals surface area contributed by atoms with Crippen molar-refractivity contribution in [3.8, 4) is 33.2 Å². The van der Waals surface area contributed by atoms with Gasteiger partial charge in [-0.15, -0.1) is 16.4 Å². The zero-order valence-electron chi connectivity index (χ0n) is 19.9. The first-order valence-corrected chi connectivity index (χ1v) is 12.4. The van der Waals surface area contributed by atoms with E-state index in [4.69, 9.17) is 4.42 Å². The number of urea groups is 1. The van der Waals surface area contributed by atoms with E-state index in [2.05, 4.69) is 35.8 Å². The number of β-amino-alcohol motifs (C(OH)–C–C–N with tert-alkyl or cyclic N) is 1. The van der Waals surface area contributed by atoms with Crippen molar-refractivity contribution in [2.45, 2.75) is 25.6 Å². The Morgan fingerprint density at radius 3 is 2.74 bits per heavy atom. The normalized spacial score (nSPS) is 15.6. The lowest BCUT2D eigenvalue weighted by Gasteiger charge is -2.12. The summed E-state index contributed by atoms with van der Waals surface area (Å²) in [5, 5.41) is 24.1. The summed E-state index contributed by atoms with van der Waals surface area (Å²) in [6.45, 7) is 3.10. The predicted molar refractivity (Wildman–Crippen MR) is 132 cm³/mol. The summed E-state index contributed by atoms with van der Waals surface area (Å²) in [5.41, 5.74) is 0.729. The molecule has 2 amide bonds. The molecule has 1 fully saturated rings. The lowest BCUT2D eigenvalue weighted by atomic mass is 10.0. The lowest BCUT2D eigenvalue weighted by Crippen LogP contribution is -2.28. The van der Waals surface area contributed by atoms with Crippen LogP contribution >= 0.6 is 11.3 Å². The van der Waals surface area contributed by atoms with Gasteiger partial charge in [0.25, 0.3) is 5.89 Å². The van der Waals surface area contributed by atoms with E-state index in [1.54, 1.807) is 17.9 Å². The Hall–Kier alpha value is -4.11. The number of alkyl halides is 3. The second-order valence-corrected chi connectivity index (χ2v) is 9.23. The molecule has 0 radical (unpaired) electrons. The van der Waals surface area contributed by atoms with Gasteiger partial charge in [0.05, 0.1) is 11.7 Å². The molecule has 5 heterocycles. The van der Waals surface area contributed by atoms with E-state index in [1.165, 1.54) is 24.7 Å². The van der Waals surface area contributed by atoms with Crippen LogP contribution in [-0.4, -0.2) is 62.0 Å². The van der Waals surface area contributed by atoms with Gasteiger partial charge < -0.3 is 19.7 Å². The van der Waals surface area contributed by atoms with Gasteiger partial charge in [-0.1, -0.05) is 5.10 Å². The van der Waals surface area contributed by atoms with E-state index in [1.807, 2.05) is 0 Å². The molecule has 0 bridgehead atoms. The lowest BCUT2D eigenvalue weighted by molar-refractivity contribution is -0.140. The highest BCUT2D eigenvalue weighted by atomic mass is 32.1. The number of carbonyl (C=O) groups excluding carboxylic acids is 1. The van der Waals surface area contributed by atoms with Crippen LogP contribution in [0.2, 0.25) is 0 Å². The van der Waals surface area contributed by atoms with E-state index < -0.39 is 24.0 Å². The number of rotatable bonds is 6. The van der Waals surface area contributed by atoms with Crippen LogP contribution in [0.4, 0.5) is 29.8 Å². The van der Waals surface area contributed by atoms with Gasteiger partial charge in [0.1, 0.15) is 10.8 Å². The van der Waals surface area contributed by atoms with Crippen molar-refractivity contribution in [3.63, 3.8) is 0 Å². The molecule has 0 aliphatic carbocycles. The maximum atomic E-state index is 13.3. The van der Waals surface area contributed by atoms with Crippen molar-refractivity contribution in [2.24, 2.45) is 0 Å². The second kappa shape index (κ2) is 10.3. The zero-order chi connectivity index (χ0) is 26.9. The number of carbonyl (C=O) groups is 1. The molecule has 1 saturated heterocycles. The van der Waals surface area contributed by atoms with Crippen LogP contribution in [0, 0.1) is 0 Å². The number of aliphatic hydroxyl groups is 1. The molecular formula is C23H21F3N8O3S. The summed E-state index contributed by atoms with van der Waals surface area (Å²) >= 11 is 0.820. The molecule has 0 spiro atoms. The molecule has 4 aromatic rings. The number of nitrogens with one attached hydrogen (secondary N) is 2. The average molecular weight is 547 g/mol. The van der Waals surface area contributed by atoms with Gasteiger partial charge in [0.15, 0.2) is 5.69 Å². The number of amides is 2. The quantitative estimate of drug-likeness (QED) is 0.326. The number of anilines is 2. The minimum Gasteiger partial charge on any atom is -0.403 e. The number of pyridine rings is 2. The number of hydrogen-bond donors (Lipinski definition) is 3. The third-order valence-electron chi connectivity index (χ3n) is 5.65. The first-order chi connectivity index (χ1) is 18.2. The standard InChI is InChI=1S/C23H21F3N8O3S/c1-2-28-21(36)31-18-6-15(20-30-17(11-38-20)23(24,25)26)16(9-29-18)12-5-13(8-27-7-12)19-32-33-22(37-19)34-4-3-14(35)10-34/h5-9,11,14,35H,2-4,10H2,1H3,(H2,28,29,31,36)/t14-/m1/s1. The maximum absolute atomic E-state index is 13.3. The number of hydrogen-bond acceptors (Lipinski definition) is 10. The molecule has 198 valence electrons. The molecule has 1 atom stereocenters. The largest absolute Gasteiger partial charge is 0.434 e. The Morgan fingerprint density at radius 1 is 1.21 bits per heavy atom. The Balaban J connectivity index is 1.52. The Labute approximate surface area is 217 Å². The van der Waals surface area contributed by atoms with Gasteiger partial charge in [0.2, 0.25) is 0 Å². The first kappa shape index (κ1) is 25.5. The van der Waals surface area contributed by atoms with Gasteiger partial charge in [-0.05, 0) is 25.5 Å². The Morgan fingerprint density at radius 2 is 2.03 bits per heavy atom. The highest BCUT2D eigenvalue weighted by Crippen LogP contribution is 2.39. The fourth-order valence-corrected chi connectivity index (χ4v) is 4.72. The van der Waals surface area contributed by atoms with Crippen molar-refractivity contribution in [2.75, 3.05) is 29.9 Å². The fourth-order valence-electron chi connectivity index (χ4n) is 3.86. The second-order valence-electron chi connectivity index (χ2n) is 8.38. The van der Waals surface area contributed by atoms with Gasteiger partial charge in [-0.25, -0.2) is 14.8 Å². The molecule has 15 heteroatoms. The summed E-state index contributed by atoms with van der Waals surface area (Å²) in [6, 6.07) is 2.92. The zero-order valence-corrected chi connectivity index (χ0v) is 20.7. The highest BCUT2D eigenvalue weighted by Gasteiger charge is 2.34. The minimum atomic E-state index is -4.60. The van der Waals surface area contributed by atoms with Crippen LogP contribution in [0.5, 0.6) is 0 Å². The number of halogens is 3. The van der Waals surface area contributed by atoms with Gasteiger partial charge in [-0.3, -0.25) is 10.3 Å². The number of thiazole rings is 1. The van der Waals surface area contributed by atoms with Crippen molar-refractivity contribution in [1.82, 2.24) is 30.5 Å². The fraction of sp³-hybridized carbons (Fsp3) is 0.304. The summed E-state index contributed by atoms with van der Waals surface area (Å²) in [6.07, 6.45) is -0.00195. The topological polar surface area (TPSA) is 142 Å². The molecule has 11 nitrogen and oxygen atoms in total. The van der Waals surface area contributed by atoms with Crippen LogP contribution < -0.4 is 15.5 Å². The van der Waals surface area contributed by atoms with Crippen molar-refractivity contribution in [1.29, 1.82) is 0 Å². The van der Waals surface area contributed by atoms with Crippen LogP contribution in [0.25, 0.3) is 33.2 Å². The third-order valence-corrected chi connectivity index (χ3v) is 6.53. The van der Waals surface area contributed by atoms with E-state index in [0.29, 0.717) is 48.3 Å². The SMILES string of the molecule is CCNC(=O)Nc1cc(-c2nc(C(F)(F)F)cs2)c(-c2cncc(-c3nnc(N4CC[C@@H](O)C4)o3)c2)cn1. The Kier molecular flexibility index (Phi) is 6.94. The van der Waals surface area contributed by atoms with Crippen LogP contribution in [0.15, 0.2) is 40.5 Å². The molecule has 0 unspecified atom stereocenters. The average Bonchev–Trinajstić information content (AvgIpc) is 3.65. The summed E-state index contributed by atoms with van der Waals surface area (Å²) < 4.78 is 45.6.